The highest BCUT2D eigenvalue weighted by atomic mass is 16.5. The number of nitrogens with zero attached hydrogens (tertiary/aromatic N) is 7. The molecular formula is C11H14N8O. The van der Waals surface area contributed by atoms with Crippen LogP contribution in [0, 0.1) is 22.7 Å². The second-order valence-electron chi connectivity index (χ2n) is 4.07. The molecule has 1 fully saturated rings. The first-order valence-electron chi connectivity index (χ1n) is 6.07. The Labute approximate surface area is 116 Å². The second-order valence-corrected chi connectivity index (χ2v) is 4.07. The van der Waals surface area contributed by atoms with E-state index in [0.29, 0.717) is 32.3 Å². The van der Waals surface area contributed by atoms with Crippen LogP contribution in [0.25, 0.3) is 0 Å². The fourth-order valence-corrected chi connectivity index (χ4v) is 1.78. The lowest BCUT2D eigenvalue weighted by Gasteiger charge is -2.27. The van der Waals surface area contributed by atoms with E-state index in [1.807, 2.05) is 17.0 Å². The summed E-state index contributed by atoms with van der Waals surface area (Å²) in [5.74, 6) is 0.746. The van der Waals surface area contributed by atoms with Gasteiger partial charge in [-0.2, -0.15) is 25.5 Å². The molecule has 1 aromatic rings. The molecule has 0 saturated carbocycles. The first kappa shape index (κ1) is 13.8. The van der Waals surface area contributed by atoms with E-state index in [1.54, 1.807) is 0 Å². The van der Waals surface area contributed by atoms with E-state index in [0.717, 1.165) is 0 Å². The van der Waals surface area contributed by atoms with E-state index >= 15 is 0 Å². The molecule has 9 heteroatoms. The zero-order chi connectivity index (χ0) is 14.4. The highest BCUT2D eigenvalue weighted by Crippen LogP contribution is 2.16. The third kappa shape index (κ3) is 3.22. The number of nitrogens with two attached hydrogens (primary N) is 1. The van der Waals surface area contributed by atoms with E-state index < -0.39 is 0 Å². The van der Waals surface area contributed by atoms with Crippen LogP contribution >= 0.6 is 0 Å². The first-order valence-corrected chi connectivity index (χ1v) is 6.07. The minimum atomic E-state index is 0.0135. The highest BCUT2D eigenvalue weighted by Gasteiger charge is 2.18. The van der Waals surface area contributed by atoms with Crippen LogP contribution in [0.5, 0.6) is 0 Å². The zero-order valence-corrected chi connectivity index (χ0v) is 10.9. The summed E-state index contributed by atoms with van der Waals surface area (Å²) in [7, 11) is 0. The lowest BCUT2D eigenvalue weighted by Crippen LogP contribution is -2.38. The van der Waals surface area contributed by atoms with Crippen molar-refractivity contribution >= 4 is 17.8 Å². The second kappa shape index (κ2) is 6.50. The third-order valence-corrected chi connectivity index (χ3v) is 2.73. The average molecular weight is 274 g/mol. The van der Waals surface area contributed by atoms with E-state index in [2.05, 4.69) is 15.0 Å². The van der Waals surface area contributed by atoms with E-state index in [4.69, 9.17) is 21.0 Å². The Morgan fingerprint density at radius 3 is 2.40 bits per heavy atom. The Bertz CT molecular complexity index is 526. The first-order chi connectivity index (χ1) is 9.74. The molecule has 2 N–H and O–H groups in total. The molecule has 1 aliphatic rings. The summed E-state index contributed by atoms with van der Waals surface area (Å²) in [6.45, 7) is 2.56. The molecule has 0 amide bonds. The Morgan fingerprint density at radius 1 is 1.15 bits per heavy atom. The molecule has 1 saturated heterocycles. The van der Waals surface area contributed by atoms with Gasteiger partial charge in [0.2, 0.25) is 17.8 Å². The van der Waals surface area contributed by atoms with Crippen LogP contribution in [0.2, 0.25) is 0 Å². The van der Waals surface area contributed by atoms with E-state index in [-0.39, 0.29) is 25.0 Å². The van der Waals surface area contributed by atoms with Gasteiger partial charge in [0.1, 0.15) is 13.1 Å². The van der Waals surface area contributed by atoms with Crippen LogP contribution in [0.15, 0.2) is 0 Å². The van der Waals surface area contributed by atoms with Crippen molar-refractivity contribution in [3.63, 3.8) is 0 Å². The summed E-state index contributed by atoms with van der Waals surface area (Å²) in [6, 6.07) is 3.94. The average Bonchev–Trinajstić information content (AvgIpc) is 2.47. The molecular weight excluding hydrogens is 260 g/mol. The van der Waals surface area contributed by atoms with Crippen LogP contribution in [0.4, 0.5) is 17.8 Å². The summed E-state index contributed by atoms with van der Waals surface area (Å²) in [4.78, 5) is 15.7. The maximum atomic E-state index is 8.78. The number of aromatic nitrogens is 3. The van der Waals surface area contributed by atoms with Crippen molar-refractivity contribution in [2.24, 2.45) is 0 Å². The molecule has 9 nitrogen and oxygen atoms in total. The lowest BCUT2D eigenvalue weighted by molar-refractivity contribution is 0.122. The fourth-order valence-electron chi connectivity index (χ4n) is 1.78. The van der Waals surface area contributed by atoms with Gasteiger partial charge in [-0.3, -0.25) is 0 Å². The van der Waals surface area contributed by atoms with Gasteiger partial charge in [0.15, 0.2) is 0 Å². The highest BCUT2D eigenvalue weighted by molar-refractivity contribution is 5.44. The van der Waals surface area contributed by atoms with Crippen molar-refractivity contribution in [1.82, 2.24) is 15.0 Å². The lowest BCUT2D eigenvalue weighted by atomic mass is 10.4. The van der Waals surface area contributed by atoms with Gasteiger partial charge in [-0.25, -0.2) is 0 Å². The van der Waals surface area contributed by atoms with Crippen molar-refractivity contribution in [2.45, 2.75) is 0 Å². The summed E-state index contributed by atoms with van der Waals surface area (Å²) in [5, 5.41) is 17.6. The maximum absolute atomic E-state index is 8.78. The Balaban J connectivity index is 2.27. The largest absolute Gasteiger partial charge is 0.378 e. The molecule has 2 rings (SSSR count). The van der Waals surface area contributed by atoms with Crippen molar-refractivity contribution in [2.75, 3.05) is 54.9 Å². The van der Waals surface area contributed by atoms with Gasteiger partial charge in [-0.1, -0.05) is 0 Å². The molecule has 0 spiro atoms. The molecule has 1 aromatic heterocycles. The normalized spacial score (nSPS) is 14.4. The molecule has 0 radical (unpaired) electrons. The number of hydrogen-bond acceptors (Lipinski definition) is 9. The van der Waals surface area contributed by atoms with Crippen LogP contribution in [0.1, 0.15) is 0 Å². The van der Waals surface area contributed by atoms with Gasteiger partial charge in [0.25, 0.3) is 0 Å². The molecule has 0 bridgehead atoms. The van der Waals surface area contributed by atoms with Crippen molar-refractivity contribution in [3.05, 3.63) is 0 Å². The van der Waals surface area contributed by atoms with Crippen LogP contribution in [-0.4, -0.2) is 54.3 Å². The van der Waals surface area contributed by atoms with E-state index in [9.17, 15) is 0 Å². The van der Waals surface area contributed by atoms with Crippen molar-refractivity contribution < 1.29 is 4.74 Å². The summed E-state index contributed by atoms with van der Waals surface area (Å²) < 4.78 is 5.27. The van der Waals surface area contributed by atoms with Crippen LogP contribution in [0.3, 0.4) is 0 Å². The predicted molar refractivity (Wildman–Crippen MR) is 70.7 cm³/mol. The molecule has 0 aliphatic carbocycles. The van der Waals surface area contributed by atoms with Crippen LogP contribution in [-0.2, 0) is 4.74 Å². The maximum Gasteiger partial charge on any atom is 0.233 e. The number of ether oxygens (including phenoxy) is 1. The van der Waals surface area contributed by atoms with Gasteiger partial charge in [0, 0.05) is 13.1 Å². The number of nitriles is 2. The van der Waals surface area contributed by atoms with E-state index in [1.165, 1.54) is 4.90 Å². The van der Waals surface area contributed by atoms with Gasteiger partial charge in [-0.15, -0.1) is 0 Å². The molecule has 1 aliphatic heterocycles. The van der Waals surface area contributed by atoms with Crippen molar-refractivity contribution in [1.29, 1.82) is 10.5 Å². The molecule has 104 valence electrons. The molecule has 0 atom stereocenters. The Morgan fingerprint density at radius 2 is 1.80 bits per heavy atom. The molecule has 0 unspecified atom stereocenters. The number of anilines is 3. The fraction of sp³-hybridized carbons (Fsp3) is 0.545. The number of nitrogen functional groups attached to an aromatic ring is 1. The number of rotatable bonds is 4. The minimum Gasteiger partial charge on any atom is -0.378 e. The SMILES string of the molecule is N#CCN(CC#N)c1nc(N)nc(N2CCOCC2)n1. The number of hydrogen-bond donors (Lipinski definition) is 1. The smallest absolute Gasteiger partial charge is 0.233 e. The summed E-state index contributed by atoms with van der Waals surface area (Å²) >= 11 is 0. The predicted octanol–water partition coefficient (Wildman–Crippen LogP) is -0.856. The molecule has 2 heterocycles. The van der Waals surface area contributed by atoms with Gasteiger partial charge < -0.3 is 20.3 Å². The van der Waals surface area contributed by atoms with Crippen molar-refractivity contribution in [3.8, 4) is 12.1 Å². The molecule has 0 aromatic carbocycles. The Hall–Kier alpha value is -2.65. The summed E-state index contributed by atoms with van der Waals surface area (Å²) in [6.07, 6.45) is 0. The zero-order valence-electron chi connectivity index (χ0n) is 10.9. The third-order valence-electron chi connectivity index (χ3n) is 2.73. The number of morpholine rings is 1. The van der Waals surface area contributed by atoms with Gasteiger partial charge >= 0.3 is 0 Å². The molecule has 20 heavy (non-hydrogen) atoms. The standard InChI is InChI=1S/C11H14N8O/c12-1-3-18(4-2-13)10-15-9(14)16-11(17-10)19-5-7-20-8-6-19/h3-8H2,(H2,14,15,16,17). The van der Waals surface area contributed by atoms with Gasteiger partial charge in [0.05, 0.1) is 25.4 Å². The topological polar surface area (TPSA) is 128 Å². The quantitative estimate of drug-likeness (QED) is 0.697. The Kier molecular flexibility index (Phi) is 4.47. The summed E-state index contributed by atoms with van der Waals surface area (Å²) in [5.41, 5.74) is 5.68. The van der Waals surface area contributed by atoms with Gasteiger partial charge in [-0.05, 0) is 0 Å². The monoisotopic (exact) mass is 274 g/mol. The minimum absolute atomic E-state index is 0.0135. The van der Waals surface area contributed by atoms with Crippen LogP contribution < -0.4 is 15.5 Å².